The van der Waals surface area contributed by atoms with E-state index < -0.39 is 17.4 Å². The van der Waals surface area contributed by atoms with Crippen molar-refractivity contribution < 1.29 is 14.0 Å². The summed E-state index contributed by atoms with van der Waals surface area (Å²) in [6.07, 6.45) is 4.24. The molecular weight excluding hydrogens is 413 g/mol. The largest absolute Gasteiger partial charge is 0.345 e. The van der Waals surface area contributed by atoms with E-state index in [0.29, 0.717) is 43.9 Å². The van der Waals surface area contributed by atoms with Gasteiger partial charge in [0.05, 0.1) is 24.2 Å². The fourth-order valence-electron chi connectivity index (χ4n) is 3.73. The van der Waals surface area contributed by atoms with E-state index in [0.717, 1.165) is 0 Å². The van der Waals surface area contributed by atoms with Crippen LogP contribution in [-0.2, 0) is 4.79 Å². The number of amides is 2. The van der Waals surface area contributed by atoms with Crippen molar-refractivity contribution in [3.63, 3.8) is 0 Å². The first-order chi connectivity index (χ1) is 15.1. The van der Waals surface area contributed by atoms with E-state index in [1.54, 1.807) is 11.0 Å². The van der Waals surface area contributed by atoms with Crippen LogP contribution in [0.3, 0.4) is 0 Å². The minimum Gasteiger partial charge on any atom is -0.345 e. The molecule has 0 radical (unpaired) electrons. The van der Waals surface area contributed by atoms with Gasteiger partial charge in [0.2, 0.25) is 11.9 Å². The van der Waals surface area contributed by atoms with Gasteiger partial charge < -0.3 is 15.5 Å². The van der Waals surface area contributed by atoms with Crippen LogP contribution in [-0.4, -0.2) is 50.5 Å². The molecule has 1 fully saturated rings. The van der Waals surface area contributed by atoms with Crippen molar-refractivity contribution in [2.75, 3.05) is 18.4 Å². The highest BCUT2D eigenvalue weighted by atomic mass is 19.1. The van der Waals surface area contributed by atoms with Crippen LogP contribution in [0.4, 0.5) is 15.9 Å². The number of aromatic amines is 1. The Bertz CT molecular complexity index is 1010. The van der Waals surface area contributed by atoms with Gasteiger partial charge in [-0.25, -0.2) is 4.98 Å². The van der Waals surface area contributed by atoms with Crippen LogP contribution in [0.5, 0.6) is 0 Å². The number of hydrogen-bond donors (Lipinski definition) is 3. The van der Waals surface area contributed by atoms with Crippen LogP contribution in [0.1, 0.15) is 56.8 Å². The maximum Gasteiger partial charge on any atom is 0.257 e. The van der Waals surface area contributed by atoms with E-state index in [-0.39, 0.29) is 23.3 Å². The van der Waals surface area contributed by atoms with Crippen molar-refractivity contribution in [2.24, 2.45) is 5.41 Å². The SMILES string of the molecule is CC(C)(C)CC(=O)N1CCC(CC#N)(NC(=O)c2cn[nH]c2Nc2ccnc(F)c2)CC1. The number of nitrogens with zero attached hydrogens (tertiary/aromatic N) is 4. The normalized spacial score (nSPS) is 15.7. The zero-order chi connectivity index (χ0) is 23.4. The van der Waals surface area contributed by atoms with Gasteiger partial charge in [0, 0.05) is 37.5 Å². The topological polar surface area (TPSA) is 127 Å². The number of aromatic nitrogens is 3. The molecule has 170 valence electrons. The second kappa shape index (κ2) is 9.34. The first-order valence-electron chi connectivity index (χ1n) is 10.5. The van der Waals surface area contributed by atoms with Crippen LogP contribution in [0, 0.1) is 22.7 Å². The van der Waals surface area contributed by atoms with E-state index in [1.807, 2.05) is 20.8 Å². The van der Waals surface area contributed by atoms with Crippen LogP contribution >= 0.6 is 0 Å². The lowest BCUT2D eigenvalue weighted by Gasteiger charge is -2.41. The van der Waals surface area contributed by atoms with E-state index in [9.17, 15) is 19.2 Å². The maximum atomic E-state index is 13.4. The van der Waals surface area contributed by atoms with Crippen LogP contribution < -0.4 is 10.6 Å². The Balaban J connectivity index is 1.69. The minimum absolute atomic E-state index is 0.0836. The lowest BCUT2D eigenvalue weighted by molar-refractivity contribution is -0.134. The molecule has 2 aromatic heterocycles. The van der Waals surface area contributed by atoms with Crippen LogP contribution in [0.15, 0.2) is 24.5 Å². The fraction of sp³-hybridized carbons (Fsp3) is 0.500. The molecule has 0 aromatic carbocycles. The van der Waals surface area contributed by atoms with Crippen LogP contribution in [0.2, 0.25) is 0 Å². The summed E-state index contributed by atoms with van der Waals surface area (Å²) in [5.41, 5.74) is -0.185. The molecule has 0 atom stereocenters. The average molecular weight is 442 g/mol. The molecule has 0 bridgehead atoms. The summed E-state index contributed by atoms with van der Waals surface area (Å²) in [5, 5.41) is 21.9. The van der Waals surface area contributed by atoms with Gasteiger partial charge in [0.25, 0.3) is 5.91 Å². The molecule has 32 heavy (non-hydrogen) atoms. The van der Waals surface area contributed by atoms with Crippen molar-refractivity contribution in [1.82, 2.24) is 25.4 Å². The average Bonchev–Trinajstić information content (AvgIpc) is 3.15. The number of carbonyl (C=O) groups is 2. The summed E-state index contributed by atoms with van der Waals surface area (Å²) in [6.45, 7) is 7.01. The van der Waals surface area contributed by atoms with Gasteiger partial charge in [-0.2, -0.15) is 14.8 Å². The number of nitrogens with one attached hydrogen (secondary N) is 3. The molecular formula is C22H28FN7O2. The van der Waals surface area contributed by atoms with Crippen LogP contribution in [0.25, 0.3) is 0 Å². The second-order valence-corrected chi connectivity index (χ2v) is 9.34. The van der Waals surface area contributed by atoms with E-state index in [1.165, 1.54) is 18.5 Å². The zero-order valence-corrected chi connectivity index (χ0v) is 18.5. The molecule has 9 nitrogen and oxygen atoms in total. The van der Waals surface area contributed by atoms with E-state index >= 15 is 0 Å². The molecule has 2 aromatic rings. The maximum absolute atomic E-state index is 13.4. The zero-order valence-electron chi connectivity index (χ0n) is 18.5. The van der Waals surface area contributed by atoms with Gasteiger partial charge in [-0.1, -0.05) is 20.8 Å². The van der Waals surface area contributed by atoms with Crippen molar-refractivity contribution in [2.45, 2.75) is 52.0 Å². The Morgan fingerprint density at radius 2 is 2.06 bits per heavy atom. The number of piperidine rings is 1. The molecule has 2 amide bonds. The highest BCUT2D eigenvalue weighted by Crippen LogP contribution is 2.29. The summed E-state index contributed by atoms with van der Waals surface area (Å²) in [7, 11) is 0. The first kappa shape index (κ1) is 23.2. The highest BCUT2D eigenvalue weighted by Gasteiger charge is 2.38. The minimum atomic E-state index is -0.734. The van der Waals surface area contributed by atoms with Gasteiger partial charge in [-0.05, 0) is 24.3 Å². The predicted octanol–water partition coefficient (Wildman–Crippen LogP) is 3.13. The Morgan fingerprint density at radius 3 is 2.69 bits per heavy atom. The number of anilines is 2. The summed E-state index contributed by atoms with van der Waals surface area (Å²) >= 11 is 0. The molecule has 1 aliphatic heterocycles. The van der Waals surface area contributed by atoms with Gasteiger partial charge in [0.1, 0.15) is 11.4 Å². The Morgan fingerprint density at radius 1 is 1.34 bits per heavy atom. The standard InChI is InChI=1S/C22H28FN7O2/c1-21(2,3)13-18(31)30-10-6-22(5-8-24,7-11-30)28-20(32)16-14-26-29-19(16)27-15-4-9-25-17(23)12-15/h4,9,12,14H,5-7,10-11,13H2,1-3H3,(H,28,32)(H2,25,26,27,29). The molecule has 3 heterocycles. The lowest BCUT2D eigenvalue weighted by Crippen LogP contribution is -2.56. The smallest absolute Gasteiger partial charge is 0.257 e. The van der Waals surface area contributed by atoms with Gasteiger partial charge >= 0.3 is 0 Å². The second-order valence-electron chi connectivity index (χ2n) is 9.34. The number of rotatable bonds is 6. The first-order valence-corrected chi connectivity index (χ1v) is 10.5. The number of carbonyl (C=O) groups excluding carboxylic acids is 2. The Kier molecular flexibility index (Phi) is 6.77. The van der Waals surface area contributed by atoms with Crippen molar-refractivity contribution in [1.29, 1.82) is 5.26 Å². The van der Waals surface area contributed by atoms with Gasteiger partial charge in [-0.15, -0.1) is 0 Å². The number of H-pyrrole nitrogens is 1. The molecule has 3 rings (SSSR count). The van der Waals surface area contributed by atoms with Crippen molar-refractivity contribution in [3.05, 3.63) is 36.0 Å². The Hall–Kier alpha value is -3.48. The summed E-state index contributed by atoms with van der Waals surface area (Å²) in [6, 6.07) is 4.93. The summed E-state index contributed by atoms with van der Waals surface area (Å²) in [5.74, 6) is -0.667. The Labute approximate surface area is 186 Å². The predicted molar refractivity (Wildman–Crippen MR) is 116 cm³/mol. The fourth-order valence-corrected chi connectivity index (χ4v) is 3.73. The van der Waals surface area contributed by atoms with Crippen molar-refractivity contribution >= 4 is 23.3 Å². The van der Waals surface area contributed by atoms with Gasteiger partial charge in [-0.3, -0.25) is 14.7 Å². The number of halogens is 1. The van der Waals surface area contributed by atoms with E-state index in [4.69, 9.17) is 0 Å². The molecule has 0 unspecified atom stereocenters. The number of likely N-dealkylation sites (tertiary alicyclic amines) is 1. The lowest BCUT2D eigenvalue weighted by atomic mass is 9.83. The quantitative estimate of drug-likeness (QED) is 0.591. The third-order valence-electron chi connectivity index (χ3n) is 5.43. The third-order valence-corrected chi connectivity index (χ3v) is 5.43. The monoisotopic (exact) mass is 441 g/mol. The third kappa shape index (κ3) is 5.81. The summed E-state index contributed by atoms with van der Waals surface area (Å²) < 4.78 is 13.4. The van der Waals surface area contributed by atoms with Gasteiger partial charge in [0.15, 0.2) is 0 Å². The van der Waals surface area contributed by atoms with E-state index in [2.05, 4.69) is 31.9 Å². The molecule has 0 aliphatic carbocycles. The number of pyridine rings is 1. The molecule has 1 saturated heterocycles. The highest BCUT2D eigenvalue weighted by molar-refractivity contribution is 5.99. The van der Waals surface area contributed by atoms with Crippen molar-refractivity contribution in [3.8, 4) is 6.07 Å². The molecule has 10 heteroatoms. The molecule has 3 N–H and O–H groups in total. The number of hydrogen-bond acceptors (Lipinski definition) is 6. The summed E-state index contributed by atoms with van der Waals surface area (Å²) in [4.78, 5) is 30.9. The molecule has 0 spiro atoms. The molecule has 0 saturated carbocycles. The number of nitriles is 1. The molecule has 1 aliphatic rings.